The fourth-order valence-corrected chi connectivity index (χ4v) is 2.50. The van der Waals surface area contributed by atoms with Crippen molar-refractivity contribution in [1.29, 1.82) is 0 Å². The molecular weight excluding hydrogens is 356 g/mol. The number of halogens is 2. The Morgan fingerprint density at radius 2 is 1.81 bits per heavy atom. The van der Waals surface area contributed by atoms with Crippen LogP contribution in [0.5, 0.6) is 11.5 Å². The summed E-state index contributed by atoms with van der Waals surface area (Å²) in [6, 6.07) is 11.0. The van der Waals surface area contributed by atoms with E-state index in [-0.39, 0.29) is 0 Å². The molecule has 1 atom stereocenters. The second kappa shape index (κ2) is 7.16. The second-order valence-corrected chi connectivity index (χ2v) is 5.84. The molecule has 0 saturated carbocycles. The average molecular weight is 372 g/mol. The first-order chi connectivity index (χ1) is 10.0. The summed E-state index contributed by atoms with van der Waals surface area (Å²) in [6.07, 6.45) is -0.160. The van der Waals surface area contributed by atoms with Crippen LogP contribution in [0.3, 0.4) is 0 Å². The maximum Gasteiger partial charge on any atom is 0.160 e. The molecule has 1 unspecified atom stereocenters. The first-order valence-electron chi connectivity index (χ1n) is 6.39. The third kappa shape index (κ3) is 3.90. The van der Waals surface area contributed by atoms with Crippen LogP contribution >= 0.6 is 27.5 Å². The fraction of sp³-hybridized carbons (Fsp3) is 0.250. The van der Waals surface area contributed by atoms with E-state index in [0.717, 1.165) is 15.6 Å². The molecule has 2 aromatic rings. The molecule has 0 aliphatic rings. The first-order valence-corrected chi connectivity index (χ1v) is 7.56. The monoisotopic (exact) mass is 370 g/mol. The van der Waals surface area contributed by atoms with E-state index in [1.54, 1.807) is 20.3 Å². The van der Waals surface area contributed by atoms with Crippen LogP contribution in [0.1, 0.15) is 17.2 Å². The zero-order chi connectivity index (χ0) is 15.4. The van der Waals surface area contributed by atoms with Crippen molar-refractivity contribution in [1.82, 2.24) is 0 Å². The summed E-state index contributed by atoms with van der Waals surface area (Å²) in [7, 11) is 3.18. The Morgan fingerprint density at radius 1 is 1.10 bits per heavy atom. The molecule has 0 spiro atoms. The van der Waals surface area contributed by atoms with Gasteiger partial charge in [-0.3, -0.25) is 0 Å². The van der Waals surface area contributed by atoms with Gasteiger partial charge in [-0.2, -0.15) is 0 Å². The van der Waals surface area contributed by atoms with Gasteiger partial charge in [0.2, 0.25) is 0 Å². The third-order valence-electron chi connectivity index (χ3n) is 3.21. The predicted octanol–water partition coefficient (Wildman–Crippen LogP) is 4.40. The molecule has 0 fully saturated rings. The smallest absolute Gasteiger partial charge is 0.160 e. The average Bonchev–Trinajstić information content (AvgIpc) is 2.49. The minimum Gasteiger partial charge on any atom is -0.493 e. The highest BCUT2D eigenvalue weighted by molar-refractivity contribution is 9.10. The van der Waals surface area contributed by atoms with Gasteiger partial charge in [0, 0.05) is 10.9 Å². The standard InChI is InChI=1S/C16H16BrClO3/c1-20-15-6-3-10(8-16(15)21-2)7-14(19)11-4-5-12(17)13(18)9-11/h3-6,8-9,14,19H,7H2,1-2H3. The van der Waals surface area contributed by atoms with E-state index >= 15 is 0 Å². The summed E-state index contributed by atoms with van der Waals surface area (Å²) in [5.74, 6) is 1.32. The summed E-state index contributed by atoms with van der Waals surface area (Å²) in [5, 5.41) is 10.9. The van der Waals surface area contributed by atoms with E-state index in [9.17, 15) is 5.11 Å². The number of aliphatic hydroxyl groups is 1. The molecule has 1 N–H and O–H groups in total. The van der Waals surface area contributed by atoms with Crippen LogP contribution in [0, 0.1) is 0 Å². The maximum absolute atomic E-state index is 10.3. The molecule has 3 nitrogen and oxygen atoms in total. The minimum absolute atomic E-state index is 0.471. The molecule has 0 saturated heterocycles. The second-order valence-electron chi connectivity index (χ2n) is 4.58. The molecule has 0 aromatic heterocycles. The number of aliphatic hydroxyl groups excluding tert-OH is 1. The van der Waals surface area contributed by atoms with Crippen LogP contribution in [-0.4, -0.2) is 19.3 Å². The van der Waals surface area contributed by atoms with Gasteiger partial charge in [-0.05, 0) is 51.3 Å². The normalized spacial score (nSPS) is 12.0. The zero-order valence-electron chi connectivity index (χ0n) is 11.8. The molecule has 0 bridgehead atoms. The summed E-state index contributed by atoms with van der Waals surface area (Å²) < 4.78 is 11.3. The van der Waals surface area contributed by atoms with E-state index in [1.807, 2.05) is 30.3 Å². The van der Waals surface area contributed by atoms with Gasteiger partial charge >= 0.3 is 0 Å². The fourth-order valence-electron chi connectivity index (χ4n) is 2.07. The van der Waals surface area contributed by atoms with Gasteiger partial charge in [-0.1, -0.05) is 23.7 Å². The Labute approximate surface area is 137 Å². The van der Waals surface area contributed by atoms with E-state index in [2.05, 4.69) is 15.9 Å². The van der Waals surface area contributed by atoms with Gasteiger partial charge in [-0.25, -0.2) is 0 Å². The lowest BCUT2D eigenvalue weighted by Crippen LogP contribution is -2.02. The van der Waals surface area contributed by atoms with Gasteiger partial charge < -0.3 is 14.6 Å². The Morgan fingerprint density at radius 3 is 2.43 bits per heavy atom. The van der Waals surface area contributed by atoms with Gasteiger partial charge in [0.05, 0.1) is 25.3 Å². The van der Waals surface area contributed by atoms with Crippen LogP contribution in [0.2, 0.25) is 5.02 Å². The van der Waals surface area contributed by atoms with Crippen molar-refractivity contribution in [2.45, 2.75) is 12.5 Å². The molecular formula is C16H16BrClO3. The van der Waals surface area contributed by atoms with Crippen molar-refractivity contribution in [3.63, 3.8) is 0 Å². The van der Waals surface area contributed by atoms with Gasteiger partial charge in [0.25, 0.3) is 0 Å². The molecule has 0 radical (unpaired) electrons. The molecule has 5 heteroatoms. The number of rotatable bonds is 5. The van der Waals surface area contributed by atoms with Crippen LogP contribution in [0.4, 0.5) is 0 Å². The van der Waals surface area contributed by atoms with Crippen molar-refractivity contribution in [2.24, 2.45) is 0 Å². The van der Waals surface area contributed by atoms with Crippen LogP contribution < -0.4 is 9.47 Å². The minimum atomic E-state index is -0.631. The maximum atomic E-state index is 10.3. The van der Waals surface area contributed by atoms with Crippen LogP contribution in [-0.2, 0) is 6.42 Å². The molecule has 0 heterocycles. The van der Waals surface area contributed by atoms with Crippen molar-refractivity contribution in [3.8, 4) is 11.5 Å². The van der Waals surface area contributed by atoms with Crippen molar-refractivity contribution >= 4 is 27.5 Å². The van der Waals surface area contributed by atoms with Crippen LogP contribution in [0.25, 0.3) is 0 Å². The summed E-state index contributed by atoms with van der Waals surface area (Å²) in [4.78, 5) is 0. The molecule has 0 aliphatic heterocycles. The van der Waals surface area contributed by atoms with Gasteiger partial charge in [0.15, 0.2) is 11.5 Å². The van der Waals surface area contributed by atoms with Crippen molar-refractivity contribution in [3.05, 3.63) is 57.0 Å². The van der Waals surface area contributed by atoms with Crippen LogP contribution in [0.15, 0.2) is 40.9 Å². The largest absolute Gasteiger partial charge is 0.493 e. The summed E-state index contributed by atoms with van der Waals surface area (Å²) >= 11 is 9.39. The Kier molecular flexibility index (Phi) is 5.51. The Bertz CT molecular complexity index is 631. The molecule has 2 aromatic carbocycles. The molecule has 0 aliphatic carbocycles. The quantitative estimate of drug-likeness (QED) is 0.847. The highest BCUT2D eigenvalue weighted by atomic mass is 79.9. The number of benzene rings is 2. The van der Waals surface area contributed by atoms with Crippen molar-refractivity contribution < 1.29 is 14.6 Å². The number of methoxy groups -OCH3 is 2. The lowest BCUT2D eigenvalue weighted by Gasteiger charge is -2.14. The highest BCUT2D eigenvalue weighted by Crippen LogP contribution is 2.31. The molecule has 0 amide bonds. The molecule has 2 rings (SSSR count). The topological polar surface area (TPSA) is 38.7 Å². The van der Waals surface area contributed by atoms with E-state index in [1.165, 1.54) is 0 Å². The molecule has 21 heavy (non-hydrogen) atoms. The zero-order valence-corrected chi connectivity index (χ0v) is 14.1. The van der Waals surface area contributed by atoms with E-state index in [0.29, 0.717) is 22.9 Å². The van der Waals surface area contributed by atoms with E-state index < -0.39 is 6.10 Å². The lowest BCUT2D eigenvalue weighted by atomic mass is 10.0. The number of hydrogen-bond donors (Lipinski definition) is 1. The first kappa shape index (κ1) is 16.1. The summed E-state index contributed by atoms with van der Waals surface area (Å²) in [6.45, 7) is 0. The van der Waals surface area contributed by atoms with E-state index in [4.69, 9.17) is 21.1 Å². The highest BCUT2D eigenvalue weighted by Gasteiger charge is 2.12. The van der Waals surface area contributed by atoms with Gasteiger partial charge in [0.1, 0.15) is 0 Å². The summed E-state index contributed by atoms with van der Waals surface area (Å²) in [5.41, 5.74) is 1.73. The van der Waals surface area contributed by atoms with Crippen molar-refractivity contribution in [2.75, 3.05) is 14.2 Å². The Balaban J connectivity index is 2.18. The third-order valence-corrected chi connectivity index (χ3v) is 4.44. The van der Waals surface area contributed by atoms with Gasteiger partial charge in [-0.15, -0.1) is 0 Å². The number of ether oxygens (including phenoxy) is 2. The molecule has 112 valence electrons. The number of hydrogen-bond acceptors (Lipinski definition) is 3. The predicted molar refractivity (Wildman–Crippen MR) is 87.4 cm³/mol. The lowest BCUT2D eigenvalue weighted by molar-refractivity contribution is 0.178. The Hall–Kier alpha value is -1.23. The SMILES string of the molecule is COc1ccc(CC(O)c2ccc(Br)c(Cl)c2)cc1OC.